The van der Waals surface area contributed by atoms with Crippen LogP contribution in [0, 0.1) is 6.92 Å². The van der Waals surface area contributed by atoms with E-state index < -0.39 is 0 Å². The minimum Gasteiger partial charge on any atom is -0.304 e. The summed E-state index contributed by atoms with van der Waals surface area (Å²) in [4.78, 5) is 24.1. The maximum Gasteiger partial charge on any atom is 0.269 e. The lowest BCUT2D eigenvalue weighted by Gasteiger charge is -2.04. The van der Waals surface area contributed by atoms with Crippen LogP contribution in [-0.2, 0) is 0 Å². The maximum atomic E-state index is 12.4. The van der Waals surface area contributed by atoms with E-state index in [1.54, 1.807) is 6.20 Å². The Balaban J connectivity index is 1.98. The fraction of sp³-hybridized carbons (Fsp3) is 0.0556. The molecule has 0 spiro atoms. The van der Waals surface area contributed by atoms with E-state index >= 15 is 0 Å². The summed E-state index contributed by atoms with van der Waals surface area (Å²) in [6.45, 7) is 1.99. The summed E-state index contributed by atoms with van der Waals surface area (Å²) >= 11 is 7.56. The van der Waals surface area contributed by atoms with E-state index in [9.17, 15) is 4.79 Å². The molecule has 0 aliphatic heterocycles. The average Bonchev–Trinajstić information content (AvgIpc) is 2.99. The van der Waals surface area contributed by atoms with Gasteiger partial charge in [0.1, 0.15) is 10.4 Å². The quantitative estimate of drug-likeness (QED) is 0.569. The molecule has 4 nitrogen and oxygen atoms in total. The molecule has 24 heavy (non-hydrogen) atoms. The van der Waals surface area contributed by atoms with E-state index in [-0.39, 0.29) is 5.56 Å². The van der Waals surface area contributed by atoms with E-state index in [4.69, 9.17) is 11.6 Å². The molecule has 3 aromatic heterocycles. The molecular weight excluding hydrogens is 342 g/mol. The van der Waals surface area contributed by atoms with Gasteiger partial charge in [0, 0.05) is 22.2 Å². The maximum absolute atomic E-state index is 12.4. The van der Waals surface area contributed by atoms with Crippen molar-refractivity contribution >= 4 is 33.2 Å². The lowest BCUT2D eigenvalue weighted by atomic mass is 10.1. The molecule has 1 aromatic carbocycles. The Morgan fingerprint density at radius 1 is 1.21 bits per heavy atom. The first-order valence-electron chi connectivity index (χ1n) is 7.32. The van der Waals surface area contributed by atoms with E-state index in [1.165, 1.54) is 11.3 Å². The number of fused-ring (bicyclic) bond motifs is 1. The molecule has 0 bridgehead atoms. The minimum atomic E-state index is -0.157. The van der Waals surface area contributed by atoms with Gasteiger partial charge in [-0.15, -0.1) is 11.3 Å². The molecule has 1 N–H and O–H groups in total. The van der Waals surface area contributed by atoms with E-state index in [0.717, 1.165) is 16.7 Å². The molecule has 0 unspecified atom stereocenters. The van der Waals surface area contributed by atoms with Crippen LogP contribution in [0.5, 0.6) is 0 Å². The molecule has 0 aliphatic carbocycles. The van der Waals surface area contributed by atoms with E-state index in [2.05, 4.69) is 15.0 Å². The number of thiophene rings is 1. The predicted molar refractivity (Wildman–Crippen MR) is 98.7 cm³/mol. The molecule has 4 rings (SSSR count). The lowest BCUT2D eigenvalue weighted by molar-refractivity contribution is 1.15. The fourth-order valence-corrected chi connectivity index (χ4v) is 3.85. The van der Waals surface area contributed by atoms with Crippen molar-refractivity contribution in [1.82, 2.24) is 15.0 Å². The van der Waals surface area contributed by atoms with Crippen LogP contribution in [0.3, 0.4) is 0 Å². The van der Waals surface area contributed by atoms with Crippen LogP contribution in [0.1, 0.15) is 5.56 Å². The summed E-state index contributed by atoms with van der Waals surface area (Å²) in [6.07, 6.45) is 1.67. The van der Waals surface area contributed by atoms with Gasteiger partial charge in [0.2, 0.25) is 0 Å². The zero-order chi connectivity index (χ0) is 16.7. The van der Waals surface area contributed by atoms with E-state index in [1.807, 2.05) is 48.7 Å². The van der Waals surface area contributed by atoms with Crippen LogP contribution in [0.15, 0.2) is 52.8 Å². The highest BCUT2D eigenvalue weighted by Gasteiger charge is 2.14. The van der Waals surface area contributed by atoms with Gasteiger partial charge in [-0.25, -0.2) is 4.98 Å². The largest absolute Gasteiger partial charge is 0.304 e. The summed E-state index contributed by atoms with van der Waals surface area (Å²) in [5, 5.41) is 2.61. The van der Waals surface area contributed by atoms with Crippen LogP contribution in [-0.4, -0.2) is 15.0 Å². The van der Waals surface area contributed by atoms with Crippen molar-refractivity contribution in [1.29, 1.82) is 0 Å². The van der Waals surface area contributed by atoms with Crippen molar-refractivity contribution in [3.05, 3.63) is 68.9 Å². The summed E-state index contributed by atoms with van der Waals surface area (Å²) < 4.78 is 0.599. The molecule has 0 saturated heterocycles. The Kier molecular flexibility index (Phi) is 3.67. The molecule has 0 radical (unpaired) electrons. The molecule has 0 atom stereocenters. The van der Waals surface area contributed by atoms with Crippen LogP contribution < -0.4 is 5.56 Å². The number of nitrogens with one attached hydrogen (secondary N) is 1. The summed E-state index contributed by atoms with van der Waals surface area (Å²) in [5.74, 6) is 0.464. The van der Waals surface area contributed by atoms with Crippen molar-refractivity contribution < 1.29 is 0 Å². The van der Waals surface area contributed by atoms with Gasteiger partial charge in [0.05, 0.1) is 5.52 Å². The monoisotopic (exact) mass is 353 g/mol. The van der Waals surface area contributed by atoms with Gasteiger partial charge in [-0.1, -0.05) is 23.7 Å². The van der Waals surface area contributed by atoms with Gasteiger partial charge in [-0.05, 0) is 42.3 Å². The summed E-state index contributed by atoms with van der Waals surface area (Å²) in [6, 6.07) is 11.3. The number of rotatable bonds is 2. The van der Waals surface area contributed by atoms with E-state index in [0.29, 0.717) is 26.8 Å². The Morgan fingerprint density at radius 3 is 2.83 bits per heavy atom. The molecule has 118 valence electrons. The Morgan fingerprint density at radius 2 is 2.08 bits per heavy atom. The molecular formula is C18H12ClN3OS. The molecule has 0 saturated carbocycles. The Labute approximate surface area is 146 Å². The minimum absolute atomic E-state index is 0.157. The highest BCUT2D eigenvalue weighted by Crippen LogP contribution is 2.33. The second-order valence-electron chi connectivity index (χ2n) is 5.47. The van der Waals surface area contributed by atoms with Crippen molar-refractivity contribution in [3.8, 4) is 22.6 Å². The number of hydrogen-bond acceptors (Lipinski definition) is 4. The zero-order valence-electron chi connectivity index (χ0n) is 12.7. The Hall–Kier alpha value is -2.50. The second kappa shape index (κ2) is 5.85. The molecule has 3 heterocycles. The number of pyridine rings is 1. The normalized spacial score (nSPS) is 11.1. The van der Waals surface area contributed by atoms with Gasteiger partial charge in [-0.2, -0.15) is 0 Å². The Bertz CT molecular complexity index is 1080. The van der Waals surface area contributed by atoms with Crippen molar-refractivity contribution in [3.63, 3.8) is 0 Å². The van der Waals surface area contributed by atoms with Gasteiger partial charge in [-0.3, -0.25) is 9.78 Å². The predicted octanol–water partition coefficient (Wildman–Crippen LogP) is 4.68. The number of aromatic amines is 1. The number of aromatic nitrogens is 3. The first-order chi connectivity index (χ1) is 11.6. The second-order valence-corrected chi connectivity index (χ2v) is 6.79. The smallest absolute Gasteiger partial charge is 0.269 e. The van der Waals surface area contributed by atoms with Gasteiger partial charge in [0.15, 0.2) is 5.82 Å². The highest BCUT2D eigenvalue weighted by molar-refractivity contribution is 7.17. The third-order valence-electron chi connectivity index (χ3n) is 3.69. The zero-order valence-corrected chi connectivity index (χ0v) is 14.3. The number of halogens is 1. The van der Waals surface area contributed by atoms with Crippen molar-refractivity contribution in [2.45, 2.75) is 6.92 Å². The van der Waals surface area contributed by atoms with Gasteiger partial charge in [0.25, 0.3) is 5.56 Å². The van der Waals surface area contributed by atoms with Crippen LogP contribution in [0.25, 0.3) is 32.9 Å². The molecule has 6 heteroatoms. The number of benzene rings is 1. The van der Waals surface area contributed by atoms with Gasteiger partial charge < -0.3 is 4.98 Å². The summed E-state index contributed by atoms with van der Waals surface area (Å²) in [7, 11) is 0. The SMILES string of the molecule is Cc1cc(Cl)cc(-c2csc3c(=O)[nH]c(-c4ccccn4)nc23)c1. The third-order valence-corrected chi connectivity index (χ3v) is 4.87. The molecule has 0 amide bonds. The highest BCUT2D eigenvalue weighted by atomic mass is 35.5. The lowest BCUT2D eigenvalue weighted by Crippen LogP contribution is -2.08. The topological polar surface area (TPSA) is 58.6 Å². The van der Waals surface area contributed by atoms with Crippen LogP contribution in [0.2, 0.25) is 5.02 Å². The number of hydrogen-bond donors (Lipinski definition) is 1. The first kappa shape index (κ1) is 15.1. The first-order valence-corrected chi connectivity index (χ1v) is 8.58. The summed E-state index contributed by atoms with van der Waals surface area (Å²) in [5.41, 5.74) is 4.07. The van der Waals surface area contributed by atoms with Crippen molar-refractivity contribution in [2.75, 3.05) is 0 Å². The molecule has 0 aliphatic rings. The number of H-pyrrole nitrogens is 1. The number of nitrogens with zero attached hydrogens (tertiary/aromatic N) is 2. The van der Waals surface area contributed by atoms with Crippen LogP contribution >= 0.6 is 22.9 Å². The van der Waals surface area contributed by atoms with Crippen LogP contribution in [0.4, 0.5) is 0 Å². The van der Waals surface area contributed by atoms with Crippen molar-refractivity contribution in [2.24, 2.45) is 0 Å². The third kappa shape index (κ3) is 2.62. The standard InChI is InChI=1S/C18H12ClN3OS/c1-10-6-11(8-12(19)7-10)13-9-24-16-15(13)21-17(22-18(16)23)14-4-2-3-5-20-14/h2-9H,1H3,(H,21,22,23). The molecule has 0 fully saturated rings. The molecule has 4 aromatic rings. The number of aryl methyl sites for hydroxylation is 1. The fourth-order valence-electron chi connectivity index (χ4n) is 2.65. The average molecular weight is 354 g/mol. The van der Waals surface area contributed by atoms with Gasteiger partial charge >= 0.3 is 0 Å².